The van der Waals surface area contributed by atoms with Crippen LogP contribution in [0.2, 0.25) is 0 Å². The number of halogens is 1. The Morgan fingerprint density at radius 1 is 1.10 bits per heavy atom. The number of hydrogen-bond acceptors (Lipinski definition) is 7. The van der Waals surface area contributed by atoms with E-state index in [1.54, 1.807) is 23.6 Å². The molecule has 39 heavy (non-hydrogen) atoms. The number of aromatic nitrogens is 3. The van der Waals surface area contributed by atoms with Crippen molar-refractivity contribution >= 4 is 40.0 Å². The Kier molecular flexibility index (Phi) is 8.66. The molecular weight excluding hydrogens is 535 g/mol. The van der Waals surface area contributed by atoms with E-state index in [0.29, 0.717) is 33.7 Å². The van der Waals surface area contributed by atoms with Crippen molar-refractivity contribution in [2.24, 2.45) is 0 Å². The molecular formula is C29H29FN4O3S2. The predicted molar refractivity (Wildman–Crippen MR) is 155 cm³/mol. The van der Waals surface area contributed by atoms with Crippen LogP contribution in [0.5, 0.6) is 0 Å². The second kappa shape index (κ2) is 12.0. The molecule has 0 spiro atoms. The van der Waals surface area contributed by atoms with Gasteiger partial charge in [0.1, 0.15) is 16.4 Å². The number of carbonyl (C=O) groups is 2. The van der Waals surface area contributed by atoms with Gasteiger partial charge in [0.05, 0.1) is 12.9 Å². The molecule has 0 bridgehead atoms. The van der Waals surface area contributed by atoms with Gasteiger partial charge in [-0.05, 0) is 28.7 Å². The highest BCUT2D eigenvalue weighted by Gasteiger charge is 2.23. The van der Waals surface area contributed by atoms with E-state index in [1.165, 1.54) is 47.9 Å². The molecule has 0 aliphatic carbocycles. The van der Waals surface area contributed by atoms with Crippen LogP contribution < -0.4 is 5.32 Å². The fraction of sp³-hybridized carbons (Fsp3) is 0.241. The number of thioether (sulfide) groups is 1. The van der Waals surface area contributed by atoms with Crippen molar-refractivity contribution < 1.29 is 18.7 Å². The molecule has 0 saturated carbocycles. The van der Waals surface area contributed by atoms with Crippen LogP contribution in [0.3, 0.4) is 0 Å². The van der Waals surface area contributed by atoms with Crippen LogP contribution >= 0.6 is 23.1 Å². The zero-order chi connectivity index (χ0) is 28.2. The summed E-state index contributed by atoms with van der Waals surface area (Å²) in [5.41, 5.74) is 3.60. The van der Waals surface area contributed by atoms with Gasteiger partial charge in [-0.15, -0.1) is 28.1 Å². The van der Waals surface area contributed by atoms with Gasteiger partial charge >= 0.3 is 5.97 Å². The van der Waals surface area contributed by atoms with E-state index in [4.69, 9.17) is 4.74 Å². The van der Waals surface area contributed by atoms with Crippen LogP contribution in [0.25, 0.3) is 22.5 Å². The van der Waals surface area contributed by atoms with E-state index in [0.717, 1.165) is 5.56 Å². The Morgan fingerprint density at radius 2 is 1.77 bits per heavy atom. The van der Waals surface area contributed by atoms with Crippen molar-refractivity contribution in [2.75, 3.05) is 18.2 Å². The zero-order valence-electron chi connectivity index (χ0n) is 22.2. The van der Waals surface area contributed by atoms with E-state index in [2.05, 4.69) is 55.0 Å². The molecule has 7 nitrogen and oxygen atoms in total. The number of allylic oxidation sites excluding steroid dienone is 1. The minimum Gasteiger partial charge on any atom is -0.465 e. The molecule has 1 amide bonds. The second-order valence-electron chi connectivity index (χ2n) is 9.72. The SMILES string of the molecule is C=CCn1c(SCC(=O)Nc2scc(-c3ccc(F)cc3)c2C(=O)OC)nnc1-c1ccc(C(C)(C)C)cc1. The highest BCUT2D eigenvalue weighted by Crippen LogP contribution is 2.36. The number of carbonyl (C=O) groups excluding carboxylic acids is 2. The summed E-state index contributed by atoms with van der Waals surface area (Å²) in [5, 5.41) is 14.2. The molecule has 0 radical (unpaired) electrons. The number of hydrogen-bond donors (Lipinski definition) is 1. The number of rotatable bonds is 9. The first-order valence-electron chi connectivity index (χ1n) is 12.2. The lowest BCUT2D eigenvalue weighted by Crippen LogP contribution is -2.16. The van der Waals surface area contributed by atoms with Crippen molar-refractivity contribution in [3.05, 3.63) is 83.5 Å². The molecule has 4 rings (SSSR count). The van der Waals surface area contributed by atoms with Crippen LogP contribution in [0.1, 0.15) is 36.7 Å². The average molecular weight is 565 g/mol. The number of anilines is 1. The third kappa shape index (κ3) is 6.46. The molecule has 0 aliphatic rings. The third-order valence-corrected chi connectivity index (χ3v) is 7.82. The smallest absolute Gasteiger partial charge is 0.341 e. The van der Waals surface area contributed by atoms with E-state index >= 15 is 0 Å². The molecule has 4 aromatic rings. The molecule has 0 aliphatic heterocycles. The maximum atomic E-state index is 13.4. The maximum absolute atomic E-state index is 13.4. The first-order valence-corrected chi connectivity index (χ1v) is 14.0. The summed E-state index contributed by atoms with van der Waals surface area (Å²) in [7, 11) is 1.27. The Hall–Kier alpha value is -3.76. The van der Waals surface area contributed by atoms with Crippen LogP contribution in [0.4, 0.5) is 9.39 Å². The van der Waals surface area contributed by atoms with Gasteiger partial charge in [0.25, 0.3) is 0 Å². The van der Waals surface area contributed by atoms with E-state index < -0.39 is 5.97 Å². The number of nitrogens with zero attached hydrogens (tertiary/aromatic N) is 3. The summed E-state index contributed by atoms with van der Waals surface area (Å²) in [6.45, 7) is 10.8. The maximum Gasteiger partial charge on any atom is 0.341 e. The van der Waals surface area contributed by atoms with Gasteiger partial charge in [-0.1, -0.05) is 75.0 Å². The molecule has 1 N–H and O–H groups in total. The van der Waals surface area contributed by atoms with Crippen molar-refractivity contribution in [3.63, 3.8) is 0 Å². The monoisotopic (exact) mass is 564 g/mol. The summed E-state index contributed by atoms with van der Waals surface area (Å²) in [6.07, 6.45) is 1.76. The molecule has 0 atom stereocenters. The third-order valence-electron chi connectivity index (χ3n) is 5.96. The standard InChI is InChI=1S/C29H29FN4O3S2/c1-6-15-34-25(19-7-11-20(12-8-19)29(2,3)4)32-33-28(34)39-17-23(35)31-26-24(27(36)37-5)22(16-38-26)18-9-13-21(30)14-10-18/h6-14,16H,1,15,17H2,2-5H3,(H,31,35). The molecule has 0 unspecified atom stereocenters. The van der Waals surface area contributed by atoms with E-state index in [9.17, 15) is 14.0 Å². The van der Waals surface area contributed by atoms with Gasteiger partial charge in [0.15, 0.2) is 11.0 Å². The number of esters is 1. The zero-order valence-corrected chi connectivity index (χ0v) is 23.8. The molecule has 0 saturated heterocycles. The molecule has 2 heterocycles. The van der Waals surface area contributed by atoms with E-state index in [-0.39, 0.29) is 28.5 Å². The average Bonchev–Trinajstić information content (AvgIpc) is 3.51. The van der Waals surface area contributed by atoms with Crippen molar-refractivity contribution in [3.8, 4) is 22.5 Å². The Morgan fingerprint density at radius 3 is 2.38 bits per heavy atom. The fourth-order valence-electron chi connectivity index (χ4n) is 3.91. The first-order chi connectivity index (χ1) is 18.6. The van der Waals surface area contributed by atoms with Crippen molar-refractivity contribution in [1.29, 1.82) is 0 Å². The van der Waals surface area contributed by atoms with Crippen LogP contribution in [-0.2, 0) is 21.5 Å². The largest absolute Gasteiger partial charge is 0.465 e. The second-order valence-corrected chi connectivity index (χ2v) is 11.5. The summed E-state index contributed by atoms with van der Waals surface area (Å²) in [4.78, 5) is 25.5. The quantitative estimate of drug-likeness (QED) is 0.137. The Bertz CT molecular complexity index is 1490. The fourth-order valence-corrected chi connectivity index (χ4v) is 5.63. The van der Waals surface area contributed by atoms with Crippen molar-refractivity contribution in [2.45, 2.75) is 37.9 Å². The minimum atomic E-state index is -0.591. The van der Waals surface area contributed by atoms with Crippen LogP contribution in [0, 0.1) is 5.82 Å². The van der Waals surface area contributed by atoms with Crippen molar-refractivity contribution in [1.82, 2.24) is 14.8 Å². The number of amides is 1. The minimum absolute atomic E-state index is 0.0395. The number of ether oxygens (including phenoxy) is 1. The Balaban J connectivity index is 1.51. The van der Waals surface area contributed by atoms with Crippen LogP contribution in [-0.4, -0.2) is 39.5 Å². The first kappa shape index (κ1) is 28.3. The lowest BCUT2D eigenvalue weighted by atomic mass is 9.87. The predicted octanol–water partition coefficient (Wildman–Crippen LogP) is 6.81. The highest BCUT2D eigenvalue weighted by molar-refractivity contribution is 7.99. The molecule has 2 aromatic carbocycles. The number of benzene rings is 2. The van der Waals surface area contributed by atoms with Gasteiger partial charge in [0.2, 0.25) is 5.91 Å². The van der Waals surface area contributed by atoms with Crippen LogP contribution in [0.15, 0.2) is 71.7 Å². The Labute approximate surface area is 235 Å². The molecule has 0 fully saturated rings. The lowest BCUT2D eigenvalue weighted by Gasteiger charge is -2.19. The van der Waals surface area contributed by atoms with Gasteiger partial charge in [0, 0.05) is 23.1 Å². The summed E-state index contributed by atoms with van der Waals surface area (Å²) in [5.74, 6) is -0.557. The highest BCUT2D eigenvalue weighted by atomic mass is 32.2. The van der Waals surface area contributed by atoms with E-state index in [1.807, 2.05) is 16.7 Å². The summed E-state index contributed by atoms with van der Waals surface area (Å²) < 4.78 is 20.3. The lowest BCUT2D eigenvalue weighted by molar-refractivity contribution is -0.113. The number of nitrogens with one attached hydrogen (secondary N) is 1. The summed E-state index contributed by atoms with van der Waals surface area (Å²) in [6, 6.07) is 14.0. The van der Waals surface area contributed by atoms with Gasteiger partial charge in [-0.2, -0.15) is 0 Å². The topological polar surface area (TPSA) is 86.1 Å². The molecule has 2 aromatic heterocycles. The van der Waals surface area contributed by atoms with Gasteiger partial charge in [-0.25, -0.2) is 9.18 Å². The summed E-state index contributed by atoms with van der Waals surface area (Å²) >= 11 is 2.44. The molecule has 202 valence electrons. The van der Waals surface area contributed by atoms with Gasteiger partial charge in [-0.3, -0.25) is 9.36 Å². The van der Waals surface area contributed by atoms with Gasteiger partial charge < -0.3 is 10.1 Å². The molecule has 10 heteroatoms. The number of thiophene rings is 1. The normalized spacial score (nSPS) is 11.3. The number of methoxy groups -OCH3 is 1.